The molecule has 0 aliphatic heterocycles. The standard InChI is InChI=1S/C9H6F2N2O2/c10-9(11)7-2-6(3-12)13-4-5(7)1-8(14)15/h2,4,9H,1H2,(H,14,15). The van der Waals surface area contributed by atoms with Crippen LogP contribution in [0.2, 0.25) is 0 Å². The molecular formula is C9H6F2N2O2. The SMILES string of the molecule is N#Cc1cc(C(F)F)c(CC(=O)O)cn1. The van der Waals surface area contributed by atoms with Crippen molar-refractivity contribution in [2.75, 3.05) is 0 Å². The van der Waals surface area contributed by atoms with Crippen molar-refractivity contribution in [1.82, 2.24) is 4.98 Å². The van der Waals surface area contributed by atoms with Gasteiger partial charge in [-0.1, -0.05) is 0 Å². The minimum atomic E-state index is -2.81. The Balaban J connectivity index is 3.16. The monoisotopic (exact) mass is 212 g/mol. The Hall–Kier alpha value is -2.03. The highest BCUT2D eigenvalue weighted by Gasteiger charge is 2.16. The molecule has 4 nitrogen and oxygen atoms in total. The summed E-state index contributed by atoms with van der Waals surface area (Å²) in [7, 11) is 0. The van der Waals surface area contributed by atoms with Gasteiger partial charge < -0.3 is 5.11 Å². The number of alkyl halides is 2. The van der Waals surface area contributed by atoms with Gasteiger partial charge in [-0.3, -0.25) is 4.79 Å². The van der Waals surface area contributed by atoms with Crippen molar-refractivity contribution in [3.63, 3.8) is 0 Å². The Morgan fingerprint density at radius 3 is 2.80 bits per heavy atom. The zero-order valence-electron chi connectivity index (χ0n) is 7.44. The number of carboxylic acids is 1. The number of rotatable bonds is 3. The average molecular weight is 212 g/mol. The van der Waals surface area contributed by atoms with E-state index < -0.39 is 24.4 Å². The van der Waals surface area contributed by atoms with Crippen LogP contribution in [0.25, 0.3) is 0 Å². The molecule has 0 bridgehead atoms. The number of carbonyl (C=O) groups is 1. The van der Waals surface area contributed by atoms with E-state index >= 15 is 0 Å². The fourth-order valence-corrected chi connectivity index (χ4v) is 1.07. The van der Waals surface area contributed by atoms with Crippen molar-refractivity contribution in [3.8, 4) is 6.07 Å². The van der Waals surface area contributed by atoms with Crippen LogP contribution in [0.5, 0.6) is 0 Å². The minimum Gasteiger partial charge on any atom is -0.481 e. The number of hydrogen-bond donors (Lipinski definition) is 1. The van der Waals surface area contributed by atoms with Crippen LogP contribution in [0.3, 0.4) is 0 Å². The Kier molecular flexibility index (Phi) is 3.29. The van der Waals surface area contributed by atoms with Gasteiger partial charge in [-0.2, -0.15) is 5.26 Å². The third-order valence-corrected chi connectivity index (χ3v) is 1.71. The molecule has 0 radical (unpaired) electrons. The number of aromatic nitrogens is 1. The summed E-state index contributed by atoms with van der Waals surface area (Å²) < 4.78 is 24.9. The molecule has 1 rings (SSSR count). The van der Waals surface area contributed by atoms with E-state index in [0.717, 1.165) is 12.3 Å². The first-order valence-corrected chi connectivity index (χ1v) is 3.93. The molecule has 0 saturated carbocycles. The van der Waals surface area contributed by atoms with Crippen molar-refractivity contribution in [2.24, 2.45) is 0 Å². The quantitative estimate of drug-likeness (QED) is 0.824. The van der Waals surface area contributed by atoms with Gasteiger partial charge >= 0.3 is 5.97 Å². The predicted octanol–water partition coefficient (Wildman–Crippen LogP) is 1.52. The second kappa shape index (κ2) is 4.46. The van der Waals surface area contributed by atoms with Gasteiger partial charge in [0.25, 0.3) is 6.43 Å². The highest BCUT2D eigenvalue weighted by Crippen LogP contribution is 2.23. The number of pyridine rings is 1. The molecule has 0 saturated heterocycles. The molecule has 15 heavy (non-hydrogen) atoms. The van der Waals surface area contributed by atoms with Gasteiger partial charge in [0.2, 0.25) is 0 Å². The van der Waals surface area contributed by atoms with Crippen molar-refractivity contribution in [3.05, 3.63) is 29.1 Å². The van der Waals surface area contributed by atoms with Gasteiger partial charge in [0.05, 0.1) is 6.42 Å². The summed E-state index contributed by atoms with van der Waals surface area (Å²) in [5.74, 6) is -1.22. The first-order chi connectivity index (χ1) is 7.04. The summed E-state index contributed by atoms with van der Waals surface area (Å²) in [6.45, 7) is 0. The van der Waals surface area contributed by atoms with E-state index in [9.17, 15) is 13.6 Å². The average Bonchev–Trinajstić information content (AvgIpc) is 2.17. The maximum atomic E-state index is 12.5. The first kappa shape index (κ1) is 11.0. The summed E-state index contributed by atoms with van der Waals surface area (Å²) in [4.78, 5) is 13.9. The summed E-state index contributed by atoms with van der Waals surface area (Å²) in [6.07, 6.45) is -2.35. The molecule has 6 heteroatoms. The van der Waals surface area contributed by atoms with Crippen molar-refractivity contribution < 1.29 is 18.7 Å². The van der Waals surface area contributed by atoms with Crippen LogP contribution in [-0.4, -0.2) is 16.1 Å². The van der Waals surface area contributed by atoms with Crippen LogP contribution in [0.15, 0.2) is 12.3 Å². The molecule has 1 heterocycles. The lowest BCUT2D eigenvalue weighted by atomic mass is 10.1. The molecule has 1 N–H and O–H groups in total. The fourth-order valence-electron chi connectivity index (χ4n) is 1.07. The molecule has 0 aliphatic carbocycles. The summed E-state index contributed by atoms with van der Waals surface area (Å²) >= 11 is 0. The normalized spacial score (nSPS) is 10.0. The summed E-state index contributed by atoms with van der Waals surface area (Å²) in [5.41, 5.74) is -0.681. The van der Waals surface area contributed by atoms with Gasteiger partial charge in [-0.15, -0.1) is 0 Å². The van der Waals surface area contributed by atoms with E-state index in [2.05, 4.69) is 4.98 Å². The van der Waals surface area contributed by atoms with E-state index in [1.54, 1.807) is 6.07 Å². The largest absolute Gasteiger partial charge is 0.481 e. The zero-order chi connectivity index (χ0) is 11.4. The summed E-state index contributed by atoms with van der Waals surface area (Å²) in [5, 5.41) is 16.9. The van der Waals surface area contributed by atoms with Gasteiger partial charge in [0, 0.05) is 11.8 Å². The van der Waals surface area contributed by atoms with E-state index in [1.807, 2.05) is 0 Å². The van der Waals surface area contributed by atoms with Crippen LogP contribution in [0.4, 0.5) is 8.78 Å². The molecule has 0 spiro atoms. The molecule has 0 atom stereocenters. The molecule has 0 unspecified atom stereocenters. The number of carboxylic acid groups (broad SMARTS) is 1. The van der Waals surface area contributed by atoms with Crippen LogP contribution in [-0.2, 0) is 11.2 Å². The Morgan fingerprint density at radius 1 is 1.67 bits per heavy atom. The lowest BCUT2D eigenvalue weighted by Crippen LogP contribution is -2.05. The Bertz CT molecular complexity index is 427. The second-order valence-corrected chi connectivity index (χ2v) is 2.75. The number of halogens is 2. The van der Waals surface area contributed by atoms with Gasteiger partial charge in [-0.05, 0) is 11.6 Å². The van der Waals surface area contributed by atoms with Crippen molar-refractivity contribution >= 4 is 5.97 Å². The second-order valence-electron chi connectivity index (χ2n) is 2.75. The number of nitriles is 1. The van der Waals surface area contributed by atoms with E-state index in [0.29, 0.717) is 0 Å². The van der Waals surface area contributed by atoms with Gasteiger partial charge in [0.15, 0.2) is 0 Å². The maximum Gasteiger partial charge on any atom is 0.307 e. The molecule has 0 fully saturated rings. The van der Waals surface area contributed by atoms with Gasteiger partial charge in [0.1, 0.15) is 11.8 Å². The Labute approximate surface area is 83.8 Å². The van der Waals surface area contributed by atoms with Gasteiger partial charge in [-0.25, -0.2) is 13.8 Å². The highest BCUT2D eigenvalue weighted by molar-refractivity contribution is 5.70. The third-order valence-electron chi connectivity index (χ3n) is 1.71. The molecule has 0 amide bonds. The first-order valence-electron chi connectivity index (χ1n) is 3.93. The number of aliphatic carboxylic acids is 1. The van der Waals surface area contributed by atoms with E-state index in [-0.39, 0.29) is 11.3 Å². The minimum absolute atomic E-state index is 0.0727. The lowest BCUT2D eigenvalue weighted by Gasteiger charge is -2.05. The predicted molar refractivity (Wildman–Crippen MR) is 45.2 cm³/mol. The fraction of sp³-hybridized carbons (Fsp3) is 0.222. The molecule has 1 aromatic rings. The maximum absolute atomic E-state index is 12.5. The molecule has 78 valence electrons. The van der Waals surface area contributed by atoms with Crippen LogP contribution in [0, 0.1) is 11.3 Å². The zero-order valence-corrected chi connectivity index (χ0v) is 7.44. The van der Waals surface area contributed by atoms with Crippen LogP contribution >= 0.6 is 0 Å². The molecule has 1 aromatic heterocycles. The number of hydrogen-bond acceptors (Lipinski definition) is 3. The number of nitrogens with zero attached hydrogens (tertiary/aromatic N) is 2. The van der Waals surface area contributed by atoms with Crippen molar-refractivity contribution in [2.45, 2.75) is 12.8 Å². The highest BCUT2D eigenvalue weighted by atomic mass is 19.3. The van der Waals surface area contributed by atoms with Crippen molar-refractivity contribution in [1.29, 1.82) is 5.26 Å². The van der Waals surface area contributed by atoms with Crippen LogP contribution in [0.1, 0.15) is 23.2 Å². The molecular weight excluding hydrogens is 206 g/mol. The molecule has 0 aromatic carbocycles. The van der Waals surface area contributed by atoms with E-state index in [4.69, 9.17) is 10.4 Å². The lowest BCUT2D eigenvalue weighted by molar-refractivity contribution is -0.136. The third kappa shape index (κ3) is 2.71. The van der Waals surface area contributed by atoms with E-state index in [1.165, 1.54) is 0 Å². The Morgan fingerprint density at radius 2 is 2.33 bits per heavy atom. The topological polar surface area (TPSA) is 74.0 Å². The molecule has 0 aliphatic rings. The summed E-state index contributed by atoms with van der Waals surface area (Å²) in [6, 6.07) is 2.52. The smallest absolute Gasteiger partial charge is 0.307 e. The van der Waals surface area contributed by atoms with Crippen LogP contribution < -0.4 is 0 Å².